The minimum Gasteiger partial charge on any atom is -0.366 e. The number of rotatable bonds is 11. The van der Waals surface area contributed by atoms with E-state index in [9.17, 15) is 18.4 Å². The number of carbonyl (C=O) groups is 2. The molecule has 162 valence electrons. The van der Waals surface area contributed by atoms with Gasteiger partial charge in [0.25, 0.3) is 0 Å². The van der Waals surface area contributed by atoms with Crippen LogP contribution in [0.2, 0.25) is 0 Å². The highest BCUT2D eigenvalue weighted by Crippen LogP contribution is 2.45. The number of benzene rings is 2. The van der Waals surface area contributed by atoms with Crippen molar-refractivity contribution in [3.05, 3.63) is 58.2 Å². The van der Waals surface area contributed by atoms with Gasteiger partial charge in [0.05, 0.1) is 11.1 Å². The minimum absolute atomic E-state index is 0.201. The van der Waals surface area contributed by atoms with Gasteiger partial charge in [-0.2, -0.15) is 0 Å². The van der Waals surface area contributed by atoms with Crippen LogP contribution in [0, 0.1) is 11.6 Å². The fraction of sp³-hybridized carbons (Fsp3) is 0.364. The lowest BCUT2D eigenvalue weighted by molar-refractivity contribution is 0.0988. The zero-order valence-corrected chi connectivity index (χ0v) is 18.7. The largest absolute Gasteiger partial charge is 0.366 e. The van der Waals surface area contributed by atoms with E-state index in [0.29, 0.717) is 33.8 Å². The van der Waals surface area contributed by atoms with Gasteiger partial charge >= 0.3 is 0 Å². The molecule has 2 aromatic carbocycles. The first-order valence-electron chi connectivity index (χ1n) is 9.88. The Morgan fingerprint density at radius 3 is 1.43 bits per heavy atom. The van der Waals surface area contributed by atoms with Gasteiger partial charge in [0.15, 0.2) is 0 Å². The second-order valence-corrected chi connectivity index (χ2v) is 9.06. The van der Waals surface area contributed by atoms with Crippen molar-refractivity contribution >= 4 is 33.4 Å². The average molecular weight is 453 g/mol. The Labute approximate surface area is 183 Å². The smallest absolute Gasteiger partial charge is 0.249 e. The summed E-state index contributed by atoms with van der Waals surface area (Å²) in [5, 5.41) is 0. The van der Waals surface area contributed by atoms with Crippen LogP contribution in [0.4, 0.5) is 8.78 Å². The van der Waals surface area contributed by atoms with E-state index in [4.69, 9.17) is 11.5 Å². The van der Waals surface area contributed by atoms with Crippen molar-refractivity contribution in [2.75, 3.05) is 0 Å². The Kier molecular flexibility index (Phi) is 9.17. The Balaban J connectivity index is 2.52. The molecule has 2 aromatic rings. The Hall–Kier alpha value is -2.06. The minimum atomic E-state index is -0.670. The molecule has 0 fully saturated rings. The van der Waals surface area contributed by atoms with Crippen LogP contribution in [0.3, 0.4) is 0 Å². The summed E-state index contributed by atoms with van der Waals surface area (Å²) in [4.78, 5) is 24.7. The zero-order chi connectivity index (χ0) is 22.3. The third-order valence-electron chi connectivity index (χ3n) is 4.71. The summed E-state index contributed by atoms with van der Waals surface area (Å²) in [6.45, 7) is 3.98. The monoisotopic (exact) mass is 452 g/mol. The van der Waals surface area contributed by atoms with Crippen molar-refractivity contribution in [2.45, 2.75) is 62.2 Å². The van der Waals surface area contributed by atoms with E-state index < -0.39 is 23.4 Å². The first-order valence-corrected chi connectivity index (χ1v) is 12.0. The van der Waals surface area contributed by atoms with Gasteiger partial charge in [-0.25, -0.2) is 8.78 Å². The van der Waals surface area contributed by atoms with Gasteiger partial charge in [-0.05, 0) is 49.9 Å². The molecule has 2 amide bonds. The van der Waals surface area contributed by atoms with Crippen LogP contribution in [-0.2, 0) is 12.8 Å². The summed E-state index contributed by atoms with van der Waals surface area (Å²) >= 11 is 0. The summed E-state index contributed by atoms with van der Waals surface area (Å²) in [6.07, 6.45) is 4.09. The number of hydrogen-bond acceptors (Lipinski definition) is 4. The lowest BCUT2D eigenvalue weighted by Gasteiger charge is -2.16. The quantitative estimate of drug-likeness (QED) is 0.432. The van der Waals surface area contributed by atoms with E-state index in [1.54, 1.807) is 0 Å². The molecule has 0 saturated carbocycles. The van der Waals surface area contributed by atoms with Crippen LogP contribution in [-0.4, -0.2) is 11.8 Å². The number of halogens is 2. The topological polar surface area (TPSA) is 86.2 Å². The second kappa shape index (κ2) is 11.4. The highest BCUT2D eigenvalue weighted by Gasteiger charge is 2.22. The first-order chi connectivity index (χ1) is 14.3. The summed E-state index contributed by atoms with van der Waals surface area (Å²) < 4.78 is 29.1. The predicted octanol–water partition coefficient (Wildman–Crippen LogP) is 5.65. The lowest BCUT2D eigenvalue weighted by Crippen LogP contribution is -2.15. The van der Waals surface area contributed by atoms with E-state index in [2.05, 4.69) is 0 Å². The fourth-order valence-corrected chi connectivity index (χ4v) is 5.97. The molecule has 0 aliphatic carbocycles. The summed E-state index contributed by atoms with van der Waals surface area (Å²) in [7, 11) is 2.22. The molecule has 4 N–H and O–H groups in total. The molecule has 30 heavy (non-hydrogen) atoms. The van der Waals surface area contributed by atoms with Gasteiger partial charge in [0, 0.05) is 20.9 Å². The van der Waals surface area contributed by atoms with Gasteiger partial charge in [-0.15, -0.1) is 0 Å². The highest BCUT2D eigenvalue weighted by molar-refractivity contribution is 8.76. The molecule has 0 unspecified atom stereocenters. The summed E-state index contributed by atoms with van der Waals surface area (Å²) in [6, 6.07) is 5.19. The number of unbranched alkanes of at least 4 members (excludes halogenated alkanes) is 2. The molecular weight excluding hydrogens is 426 g/mol. The normalized spacial score (nSPS) is 10.9. The number of nitrogens with two attached hydrogens (primary N) is 2. The lowest BCUT2D eigenvalue weighted by atomic mass is 10.0. The molecule has 0 aliphatic rings. The van der Waals surface area contributed by atoms with Gasteiger partial charge in [-0.3, -0.25) is 9.59 Å². The molecule has 2 rings (SSSR count). The number of carbonyl (C=O) groups excluding carboxylic acids is 2. The number of amides is 2. The molecule has 4 nitrogen and oxygen atoms in total. The highest BCUT2D eigenvalue weighted by atomic mass is 33.1. The van der Waals surface area contributed by atoms with Gasteiger partial charge in [0.1, 0.15) is 11.6 Å². The van der Waals surface area contributed by atoms with Crippen LogP contribution in [0.25, 0.3) is 0 Å². The van der Waals surface area contributed by atoms with E-state index in [1.165, 1.54) is 24.3 Å². The standard InChI is InChI=1S/C22H26F2N2O2S2/c1-3-5-7-13-17(23)11-9-15(21(25)27)19(13)29-30-20-14(8-6-4-2)18(24)12-10-16(20)22(26)28/h9-12H,3-8H2,1-2H3,(H2,25,27)(H2,26,28). The second-order valence-electron chi connectivity index (χ2n) is 6.91. The van der Waals surface area contributed by atoms with E-state index in [1.807, 2.05) is 13.8 Å². The average Bonchev–Trinajstić information content (AvgIpc) is 2.70. The van der Waals surface area contributed by atoms with Crippen LogP contribution < -0.4 is 11.5 Å². The summed E-state index contributed by atoms with van der Waals surface area (Å²) in [5.74, 6) is -2.18. The molecule has 8 heteroatoms. The zero-order valence-electron chi connectivity index (χ0n) is 17.1. The third kappa shape index (κ3) is 5.76. The molecule has 0 atom stereocenters. The number of primary amides is 2. The third-order valence-corrected chi connectivity index (χ3v) is 7.31. The van der Waals surface area contributed by atoms with Crippen molar-refractivity contribution in [1.29, 1.82) is 0 Å². The van der Waals surface area contributed by atoms with Crippen molar-refractivity contribution in [3.63, 3.8) is 0 Å². The van der Waals surface area contributed by atoms with Crippen molar-refractivity contribution in [2.24, 2.45) is 11.5 Å². The van der Waals surface area contributed by atoms with Crippen LogP contribution in [0.5, 0.6) is 0 Å². The molecule has 0 bridgehead atoms. The van der Waals surface area contributed by atoms with E-state index in [-0.39, 0.29) is 11.1 Å². The van der Waals surface area contributed by atoms with E-state index >= 15 is 0 Å². The van der Waals surface area contributed by atoms with Gasteiger partial charge < -0.3 is 11.5 Å². The van der Waals surface area contributed by atoms with Crippen molar-refractivity contribution in [3.8, 4) is 0 Å². The molecule has 0 radical (unpaired) electrons. The maximum atomic E-state index is 14.6. The fourth-order valence-electron chi connectivity index (χ4n) is 3.04. The maximum Gasteiger partial charge on any atom is 0.249 e. The predicted molar refractivity (Wildman–Crippen MR) is 119 cm³/mol. The Morgan fingerprint density at radius 1 is 0.767 bits per heavy atom. The van der Waals surface area contributed by atoms with Gasteiger partial charge in [-0.1, -0.05) is 48.3 Å². The van der Waals surface area contributed by atoms with E-state index in [0.717, 1.165) is 47.3 Å². The van der Waals surface area contributed by atoms with Crippen LogP contribution in [0.1, 0.15) is 71.4 Å². The van der Waals surface area contributed by atoms with Crippen molar-refractivity contribution in [1.82, 2.24) is 0 Å². The summed E-state index contributed by atoms with van der Waals surface area (Å²) in [5.41, 5.74) is 12.2. The van der Waals surface area contributed by atoms with Gasteiger partial charge in [0.2, 0.25) is 11.8 Å². The molecular formula is C22H26F2N2O2S2. The molecule has 0 saturated heterocycles. The SMILES string of the molecule is CCCCc1c(F)ccc(C(N)=O)c1SSc1c(C(N)=O)ccc(F)c1CCCC. The first kappa shape index (κ1) is 24.2. The molecule has 0 spiro atoms. The maximum absolute atomic E-state index is 14.6. The molecule has 0 aromatic heterocycles. The van der Waals surface area contributed by atoms with Crippen molar-refractivity contribution < 1.29 is 18.4 Å². The van der Waals surface area contributed by atoms with Crippen LogP contribution >= 0.6 is 21.6 Å². The van der Waals surface area contributed by atoms with Crippen LogP contribution in [0.15, 0.2) is 34.1 Å². The Morgan fingerprint density at radius 2 is 1.13 bits per heavy atom. The molecule has 0 aliphatic heterocycles. The Bertz CT molecular complexity index is 860. The number of hydrogen-bond donors (Lipinski definition) is 2. The molecule has 0 heterocycles.